The van der Waals surface area contributed by atoms with Gasteiger partial charge >= 0.3 is 5.97 Å². The van der Waals surface area contributed by atoms with Crippen LogP contribution >= 0.6 is 0 Å². The van der Waals surface area contributed by atoms with Crippen molar-refractivity contribution in [3.8, 4) is 0 Å². The molecule has 126 valence electrons. The molecule has 0 saturated carbocycles. The van der Waals surface area contributed by atoms with Crippen molar-refractivity contribution in [1.29, 1.82) is 0 Å². The number of benzene rings is 1. The number of anilines is 1. The lowest BCUT2D eigenvalue weighted by Crippen LogP contribution is -2.29. The van der Waals surface area contributed by atoms with Crippen molar-refractivity contribution in [2.24, 2.45) is 0 Å². The van der Waals surface area contributed by atoms with E-state index < -0.39 is 0 Å². The predicted octanol–water partition coefficient (Wildman–Crippen LogP) is 1.77. The summed E-state index contributed by atoms with van der Waals surface area (Å²) < 4.78 is 10.5. The van der Waals surface area contributed by atoms with Crippen molar-refractivity contribution in [3.63, 3.8) is 0 Å². The molecule has 0 aromatic heterocycles. The van der Waals surface area contributed by atoms with Crippen molar-refractivity contribution in [2.45, 2.75) is 31.8 Å². The average Bonchev–Trinajstić information content (AvgIpc) is 2.85. The maximum Gasteiger partial charge on any atom is 0.310 e. The minimum Gasteiger partial charge on any atom is -0.465 e. The van der Waals surface area contributed by atoms with Crippen molar-refractivity contribution in [3.05, 3.63) is 42.0 Å². The van der Waals surface area contributed by atoms with Crippen LogP contribution in [0, 0.1) is 0 Å². The lowest BCUT2D eigenvalue weighted by molar-refractivity contribution is -0.143. The molecule has 24 heavy (non-hydrogen) atoms. The summed E-state index contributed by atoms with van der Waals surface area (Å²) in [7, 11) is 0. The van der Waals surface area contributed by atoms with Crippen molar-refractivity contribution in [1.82, 2.24) is 0 Å². The van der Waals surface area contributed by atoms with E-state index in [4.69, 9.17) is 9.47 Å². The van der Waals surface area contributed by atoms with E-state index in [0.717, 1.165) is 36.3 Å². The van der Waals surface area contributed by atoms with Crippen LogP contribution in [0.1, 0.15) is 24.8 Å². The highest BCUT2D eigenvalue weighted by molar-refractivity contribution is 6.28. The Morgan fingerprint density at radius 3 is 2.42 bits per heavy atom. The molecule has 0 radical (unpaired) electrons. The van der Waals surface area contributed by atoms with Crippen molar-refractivity contribution in [2.75, 3.05) is 18.1 Å². The SMILES string of the molecule is O=C(Cc1ccc(N2C(=O)C=CC2=O)cc1)OCCCC1CCO1. The van der Waals surface area contributed by atoms with Crippen LogP contribution < -0.4 is 4.90 Å². The molecule has 0 N–H and O–H groups in total. The van der Waals surface area contributed by atoms with E-state index in [0.29, 0.717) is 18.4 Å². The number of carbonyl (C=O) groups excluding carboxylic acids is 3. The largest absolute Gasteiger partial charge is 0.465 e. The summed E-state index contributed by atoms with van der Waals surface area (Å²) in [6.07, 6.45) is 5.81. The van der Waals surface area contributed by atoms with E-state index in [1.165, 1.54) is 12.2 Å². The number of nitrogens with zero attached hydrogens (tertiary/aromatic N) is 1. The Hall–Kier alpha value is -2.47. The van der Waals surface area contributed by atoms with E-state index in [-0.39, 0.29) is 24.2 Å². The van der Waals surface area contributed by atoms with E-state index in [2.05, 4.69) is 0 Å². The van der Waals surface area contributed by atoms with Crippen LogP contribution in [0.2, 0.25) is 0 Å². The summed E-state index contributed by atoms with van der Waals surface area (Å²) in [5.41, 5.74) is 1.27. The number of hydrogen-bond donors (Lipinski definition) is 0. The highest BCUT2D eigenvalue weighted by atomic mass is 16.5. The summed E-state index contributed by atoms with van der Waals surface area (Å²) >= 11 is 0. The van der Waals surface area contributed by atoms with Gasteiger partial charge in [-0.25, -0.2) is 4.90 Å². The van der Waals surface area contributed by atoms with Gasteiger partial charge < -0.3 is 9.47 Å². The molecular weight excluding hydrogens is 310 g/mol. The van der Waals surface area contributed by atoms with E-state index in [9.17, 15) is 14.4 Å². The highest BCUT2D eigenvalue weighted by Gasteiger charge is 2.24. The van der Waals surface area contributed by atoms with Crippen LogP contribution in [-0.4, -0.2) is 37.1 Å². The van der Waals surface area contributed by atoms with Crippen LogP contribution in [0.25, 0.3) is 0 Å². The minimum atomic E-state index is -0.359. The maximum absolute atomic E-state index is 11.8. The number of hydrogen-bond acceptors (Lipinski definition) is 5. The van der Waals surface area contributed by atoms with Crippen LogP contribution in [0.3, 0.4) is 0 Å². The molecule has 1 aromatic carbocycles. The molecule has 6 heteroatoms. The van der Waals surface area contributed by atoms with Gasteiger partial charge in [0.15, 0.2) is 0 Å². The molecule has 1 unspecified atom stereocenters. The second-order valence-electron chi connectivity index (χ2n) is 5.83. The fraction of sp³-hybridized carbons (Fsp3) is 0.389. The quantitative estimate of drug-likeness (QED) is 0.433. The lowest BCUT2D eigenvalue weighted by atomic mass is 10.1. The molecule has 3 rings (SSSR count). The Morgan fingerprint density at radius 1 is 1.17 bits per heavy atom. The number of amides is 2. The third-order valence-electron chi connectivity index (χ3n) is 4.08. The van der Waals surface area contributed by atoms with Gasteiger partial charge in [-0.1, -0.05) is 12.1 Å². The molecule has 0 aliphatic carbocycles. The smallest absolute Gasteiger partial charge is 0.310 e. The molecule has 0 spiro atoms. The predicted molar refractivity (Wildman–Crippen MR) is 86.3 cm³/mol. The first kappa shape index (κ1) is 16.4. The Kier molecular flexibility index (Phi) is 5.05. The monoisotopic (exact) mass is 329 g/mol. The first-order valence-electron chi connectivity index (χ1n) is 8.06. The second kappa shape index (κ2) is 7.40. The Morgan fingerprint density at radius 2 is 1.83 bits per heavy atom. The van der Waals surface area contributed by atoms with Crippen LogP contribution in [0.15, 0.2) is 36.4 Å². The molecule has 1 fully saturated rings. The van der Waals surface area contributed by atoms with Crippen LogP contribution in [0.4, 0.5) is 5.69 Å². The molecule has 2 aliphatic heterocycles. The average molecular weight is 329 g/mol. The van der Waals surface area contributed by atoms with Gasteiger partial charge in [0.1, 0.15) is 0 Å². The second-order valence-corrected chi connectivity index (χ2v) is 5.83. The van der Waals surface area contributed by atoms with E-state index >= 15 is 0 Å². The number of ether oxygens (including phenoxy) is 2. The molecular formula is C18H19NO5. The van der Waals surface area contributed by atoms with Gasteiger partial charge in [-0.3, -0.25) is 14.4 Å². The van der Waals surface area contributed by atoms with Gasteiger partial charge in [0.25, 0.3) is 11.8 Å². The Bertz CT molecular complexity index is 642. The normalized spacial score (nSPS) is 19.5. The van der Waals surface area contributed by atoms with Crippen LogP contribution in [0.5, 0.6) is 0 Å². The maximum atomic E-state index is 11.8. The summed E-state index contributed by atoms with van der Waals surface area (Å²) in [5, 5.41) is 0. The summed E-state index contributed by atoms with van der Waals surface area (Å²) in [4.78, 5) is 36.1. The highest BCUT2D eigenvalue weighted by Crippen LogP contribution is 2.20. The zero-order valence-corrected chi connectivity index (χ0v) is 13.3. The summed E-state index contributed by atoms with van der Waals surface area (Å²) in [5.74, 6) is -1.00. The third kappa shape index (κ3) is 3.89. The topological polar surface area (TPSA) is 72.9 Å². The van der Waals surface area contributed by atoms with Gasteiger partial charge in [0.05, 0.1) is 24.8 Å². The molecule has 6 nitrogen and oxygen atoms in total. The number of imide groups is 1. The van der Waals surface area contributed by atoms with Crippen LogP contribution in [-0.2, 0) is 30.3 Å². The standard InChI is InChI=1S/C18H19NO5/c20-16-7-8-17(21)19(16)14-5-3-13(4-6-14)12-18(22)24-10-1-2-15-9-11-23-15/h3-8,15H,1-2,9-12H2. The first-order chi connectivity index (χ1) is 11.6. The zero-order chi connectivity index (χ0) is 16.9. The summed E-state index contributed by atoms with van der Waals surface area (Å²) in [6, 6.07) is 6.74. The van der Waals surface area contributed by atoms with Gasteiger partial charge in [-0.05, 0) is 37.0 Å². The molecule has 2 aliphatic rings. The molecule has 1 atom stereocenters. The molecule has 0 bridgehead atoms. The van der Waals surface area contributed by atoms with Gasteiger partial charge in [0.2, 0.25) is 0 Å². The first-order valence-corrected chi connectivity index (χ1v) is 8.06. The molecule has 1 aromatic rings. The van der Waals surface area contributed by atoms with E-state index in [1.54, 1.807) is 24.3 Å². The van der Waals surface area contributed by atoms with Gasteiger partial charge in [-0.15, -0.1) is 0 Å². The zero-order valence-electron chi connectivity index (χ0n) is 13.3. The number of esters is 1. The van der Waals surface area contributed by atoms with Gasteiger partial charge in [0, 0.05) is 18.8 Å². The fourth-order valence-corrected chi connectivity index (χ4v) is 2.64. The molecule has 2 amide bonds. The number of rotatable bonds is 7. The Labute approximate surface area is 140 Å². The molecule has 1 saturated heterocycles. The Balaban J connectivity index is 1.44. The summed E-state index contributed by atoms with van der Waals surface area (Å²) in [6.45, 7) is 1.24. The van der Waals surface area contributed by atoms with Gasteiger partial charge in [-0.2, -0.15) is 0 Å². The van der Waals surface area contributed by atoms with Crippen molar-refractivity contribution < 1.29 is 23.9 Å². The fourth-order valence-electron chi connectivity index (χ4n) is 2.64. The third-order valence-corrected chi connectivity index (χ3v) is 4.08. The minimum absolute atomic E-state index is 0.167. The number of carbonyl (C=O) groups is 3. The van der Waals surface area contributed by atoms with Crippen molar-refractivity contribution >= 4 is 23.5 Å². The van der Waals surface area contributed by atoms with E-state index in [1.807, 2.05) is 0 Å². The molecule has 2 heterocycles. The lowest BCUT2D eigenvalue weighted by Gasteiger charge is -2.26.